The number of aryl methyl sites for hydroxylation is 1. The quantitative estimate of drug-likeness (QED) is 0.848. The molecule has 0 aliphatic carbocycles. The number of ether oxygens (including phenoxy) is 1. The molecule has 22 heavy (non-hydrogen) atoms. The Hall–Kier alpha value is -2.37. The van der Waals surface area contributed by atoms with Gasteiger partial charge in [0.2, 0.25) is 5.91 Å². The number of hydrogen-bond donors (Lipinski definition) is 1. The second-order valence-corrected chi connectivity index (χ2v) is 5.46. The summed E-state index contributed by atoms with van der Waals surface area (Å²) in [4.78, 5) is 12.3. The van der Waals surface area contributed by atoms with Gasteiger partial charge in [-0.15, -0.1) is 5.10 Å². The van der Waals surface area contributed by atoms with Crippen molar-refractivity contribution in [3.63, 3.8) is 0 Å². The third kappa shape index (κ3) is 3.63. The van der Waals surface area contributed by atoms with Crippen LogP contribution in [0.1, 0.15) is 18.4 Å². The number of nitrogens with one attached hydrogen (secondary N) is 1. The number of hydrogen-bond acceptors (Lipinski definition) is 4. The maximum absolute atomic E-state index is 12.3. The average Bonchev–Trinajstić information content (AvgIpc) is 2.95. The van der Waals surface area contributed by atoms with Crippen LogP contribution in [0.4, 0.5) is 0 Å². The number of carbonyl (C=O) groups excluding carboxylic acids is 1. The lowest BCUT2D eigenvalue weighted by molar-refractivity contribution is -0.125. The zero-order chi connectivity index (χ0) is 15.2. The van der Waals surface area contributed by atoms with E-state index in [0.29, 0.717) is 13.2 Å². The fourth-order valence-electron chi connectivity index (χ4n) is 2.66. The van der Waals surface area contributed by atoms with E-state index in [1.165, 1.54) is 0 Å². The Kier molecular flexibility index (Phi) is 4.68. The molecule has 116 valence electrons. The summed E-state index contributed by atoms with van der Waals surface area (Å²) in [5.41, 5.74) is 1.11. The maximum atomic E-state index is 12.3. The molecule has 0 spiro atoms. The van der Waals surface area contributed by atoms with Crippen LogP contribution < -0.4 is 10.1 Å². The Morgan fingerprint density at radius 1 is 1.41 bits per heavy atom. The van der Waals surface area contributed by atoms with Crippen LogP contribution in [0.5, 0.6) is 5.75 Å². The first-order valence-electron chi connectivity index (χ1n) is 7.65. The molecular formula is C16H20N4O2. The molecule has 0 radical (unpaired) electrons. The van der Waals surface area contributed by atoms with Crippen molar-refractivity contribution in [1.29, 1.82) is 0 Å². The molecule has 0 unspecified atom stereocenters. The lowest BCUT2D eigenvalue weighted by atomic mass is 9.96. The molecule has 6 nitrogen and oxygen atoms in total. The number of benzene rings is 1. The third-order valence-electron chi connectivity index (χ3n) is 3.87. The number of carbonyl (C=O) groups is 1. The fraction of sp³-hybridized carbons (Fsp3) is 0.438. The molecule has 0 fully saturated rings. The van der Waals surface area contributed by atoms with E-state index >= 15 is 0 Å². The fourth-order valence-corrected chi connectivity index (χ4v) is 2.66. The van der Waals surface area contributed by atoms with Crippen LogP contribution in [0.3, 0.4) is 0 Å². The Balaban J connectivity index is 1.48. The normalized spacial score (nSPS) is 17.2. The SMILES string of the molecule is O=C(NCCCn1ccnn1)[C@H]1CCOc2ccccc2C1. The minimum atomic E-state index is -0.0185. The van der Waals surface area contributed by atoms with Gasteiger partial charge in [-0.05, 0) is 30.9 Å². The van der Waals surface area contributed by atoms with Crippen LogP contribution >= 0.6 is 0 Å². The van der Waals surface area contributed by atoms with Crippen molar-refractivity contribution < 1.29 is 9.53 Å². The summed E-state index contributed by atoms with van der Waals surface area (Å²) in [6.07, 6.45) is 5.81. The number of rotatable bonds is 5. The number of fused-ring (bicyclic) bond motifs is 1. The zero-order valence-corrected chi connectivity index (χ0v) is 12.4. The highest BCUT2D eigenvalue weighted by molar-refractivity contribution is 5.79. The van der Waals surface area contributed by atoms with Gasteiger partial charge in [0.25, 0.3) is 0 Å². The molecule has 1 atom stereocenters. The molecule has 1 aromatic carbocycles. The third-order valence-corrected chi connectivity index (χ3v) is 3.87. The first-order valence-corrected chi connectivity index (χ1v) is 7.65. The van der Waals surface area contributed by atoms with Crippen molar-refractivity contribution in [3.8, 4) is 5.75 Å². The van der Waals surface area contributed by atoms with Crippen LogP contribution in [0.25, 0.3) is 0 Å². The Bertz CT molecular complexity index is 612. The predicted molar refractivity (Wildman–Crippen MR) is 81.4 cm³/mol. The van der Waals surface area contributed by atoms with Gasteiger partial charge in [-0.1, -0.05) is 23.4 Å². The van der Waals surface area contributed by atoms with Crippen molar-refractivity contribution in [1.82, 2.24) is 20.3 Å². The van der Waals surface area contributed by atoms with Gasteiger partial charge in [-0.3, -0.25) is 9.48 Å². The highest BCUT2D eigenvalue weighted by Gasteiger charge is 2.23. The van der Waals surface area contributed by atoms with Crippen LogP contribution in [0.2, 0.25) is 0 Å². The Labute approximate surface area is 129 Å². The Morgan fingerprint density at radius 2 is 2.32 bits per heavy atom. The first-order chi connectivity index (χ1) is 10.8. The molecule has 1 aliphatic heterocycles. The highest BCUT2D eigenvalue weighted by atomic mass is 16.5. The molecule has 0 saturated heterocycles. The van der Waals surface area contributed by atoms with Crippen molar-refractivity contribution in [3.05, 3.63) is 42.2 Å². The lowest BCUT2D eigenvalue weighted by Crippen LogP contribution is -2.33. The monoisotopic (exact) mass is 300 g/mol. The van der Waals surface area contributed by atoms with Crippen molar-refractivity contribution in [2.45, 2.75) is 25.8 Å². The van der Waals surface area contributed by atoms with Crippen LogP contribution in [0, 0.1) is 5.92 Å². The number of aromatic nitrogens is 3. The molecule has 6 heteroatoms. The molecule has 0 saturated carbocycles. The first kappa shape index (κ1) is 14.6. The zero-order valence-electron chi connectivity index (χ0n) is 12.4. The van der Waals surface area contributed by atoms with Crippen LogP contribution in [-0.2, 0) is 17.8 Å². The van der Waals surface area contributed by atoms with Gasteiger partial charge in [-0.2, -0.15) is 0 Å². The Morgan fingerprint density at radius 3 is 3.18 bits per heavy atom. The van der Waals surface area contributed by atoms with E-state index in [9.17, 15) is 4.79 Å². The summed E-state index contributed by atoms with van der Waals surface area (Å²) < 4.78 is 7.47. The van der Waals surface area contributed by atoms with Crippen molar-refractivity contribution >= 4 is 5.91 Å². The molecule has 0 bridgehead atoms. The largest absolute Gasteiger partial charge is 0.493 e. The van der Waals surface area contributed by atoms with E-state index in [4.69, 9.17) is 4.74 Å². The van der Waals surface area contributed by atoms with Gasteiger partial charge in [0, 0.05) is 25.2 Å². The molecular weight excluding hydrogens is 280 g/mol. The van der Waals surface area contributed by atoms with Gasteiger partial charge in [0.05, 0.1) is 12.8 Å². The minimum absolute atomic E-state index is 0.0185. The minimum Gasteiger partial charge on any atom is -0.493 e. The van der Waals surface area contributed by atoms with E-state index in [1.54, 1.807) is 10.9 Å². The van der Waals surface area contributed by atoms with E-state index in [2.05, 4.69) is 15.6 Å². The molecule has 2 heterocycles. The molecule has 1 aromatic heterocycles. The van der Waals surface area contributed by atoms with E-state index in [1.807, 2.05) is 30.5 Å². The van der Waals surface area contributed by atoms with Gasteiger partial charge in [0.1, 0.15) is 5.75 Å². The molecule has 3 rings (SSSR count). The number of amides is 1. The summed E-state index contributed by atoms with van der Waals surface area (Å²) in [6.45, 7) is 2.00. The van der Waals surface area contributed by atoms with Crippen LogP contribution in [-0.4, -0.2) is 34.1 Å². The lowest BCUT2D eigenvalue weighted by Gasteiger charge is -2.13. The summed E-state index contributed by atoms with van der Waals surface area (Å²) in [5, 5.41) is 10.7. The second kappa shape index (κ2) is 7.06. The average molecular weight is 300 g/mol. The highest BCUT2D eigenvalue weighted by Crippen LogP contribution is 2.26. The van der Waals surface area contributed by atoms with E-state index in [-0.39, 0.29) is 11.8 Å². The van der Waals surface area contributed by atoms with Gasteiger partial charge < -0.3 is 10.1 Å². The predicted octanol–water partition coefficient (Wildman–Crippen LogP) is 1.43. The summed E-state index contributed by atoms with van der Waals surface area (Å²) >= 11 is 0. The molecule has 2 aromatic rings. The molecule has 1 amide bonds. The maximum Gasteiger partial charge on any atom is 0.223 e. The van der Waals surface area contributed by atoms with Crippen molar-refractivity contribution in [2.24, 2.45) is 5.92 Å². The topological polar surface area (TPSA) is 69.0 Å². The van der Waals surface area contributed by atoms with Gasteiger partial charge in [0.15, 0.2) is 0 Å². The summed E-state index contributed by atoms with van der Waals surface area (Å²) in [5.74, 6) is 0.998. The summed E-state index contributed by atoms with van der Waals surface area (Å²) in [7, 11) is 0. The number of para-hydroxylation sites is 1. The van der Waals surface area contributed by atoms with Crippen LogP contribution in [0.15, 0.2) is 36.7 Å². The number of nitrogens with zero attached hydrogens (tertiary/aromatic N) is 3. The standard InChI is InChI=1S/C16H20N4O2/c21-16(17-7-3-9-20-10-8-18-19-20)14-6-11-22-15-5-2-1-4-13(15)12-14/h1-2,4-5,8,10,14H,3,6-7,9,11-12H2,(H,17,21)/t14-/m0/s1. The molecule has 1 N–H and O–H groups in total. The second-order valence-electron chi connectivity index (χ2n) is 5.46. The summed E-state index contributed by atoms with van der Waals surface area (Å²) in [6, 6.07) is 7.95. The van der Waals surface area contributed by atoms with Gasteiger partial charge >= 0.3 is 0 Å². The van der Waals surface area contributed by atoms with Crippen molar-refractivity contribution in [2.75, 3.05) is 13.2 Å². The van der Waals surface area contributed by atoms with Gasteiger partial charge in [-0.25, -0.2) is 0 Å². The van der Waals surface area contributed by atoms with E-state index < -0.39 is 0 Å². The van der Waals surface area contributed by atoms with E-state index in [0.717, 1.165) is 37.1 Å². The molecule has 1 aliphatic rings. The smallest absolute Gasteiger partial charge is 0.223 e.